The number of aryl methyl sites for hydroxylation is 1. The van der Waals surface area contributed by atoms with Gasteiger partial charge < -0.3 is 14.5 Å². The molecule has 0 spiro atoms. The Morgan fingerprint density at radius 2 is 2.30 bits per heavy atom. The van der Waals surface area contributed by atoms with Crippen LogP contribution in [0.15, 0.2) is 22.7 Å². The molecule has 102 valence electrons. The summed E-state index contributed by atoms with van der Waals surface area (Å²) < 4.78 is 4.92. The summed E-state index contributed by atoms with van der Waals surface area (Å²) in [6, 6.07) is 5.19. The first-order chi connectivity index (χ1) is 9.54. The second-order valence-electron chi connectivity index (χ2n) is 4.56. The van der Waals surface area contributed by atoms with Crippen LogP contribution >= 0.6 is 0 Å². The molecule has 3 rings (SSSR count). The first-order valence-corrected chi connectivity index (χ1v) is 5.99. The molecule has 0 fully saturated rings. The van der Waals surface area contributed by atoms with E-state index in [1.165, 1.54) is 4.90 Å². The second-order valence-corrected chi connectivity index (χ2v) is 4.56. The van der Waals surface area contributed by atoms with Gasteiger partial charge in [-0.3, -0.25) is 9.59 Å². The lowest BCUT2D eigenvalue weighted by atomic mass is 10.1. The number of carbonyl (C=O) groups excluding carboxylic acids is 1. The summed E-state index contributed by atoms with van der Waals surface area (Å²) >= 11 is 0. The molecule has 7 heteroatoms. The summed E-state index contributed by atoms with van der Waals surface area (Å²) in [5.74, 6) is -0.378. The number of rotatable bonds is 3. The second kappa shape index (κ2) is 4.44. The third-order valence-corrected chi connectivity index (χ3v) is 3.10. The average Bonchev–Trinajstić information content (AvgIpc) is 2.94. The SMILES string of the molecule is Cc1nc(-c2ccc3c(c2)CN(CC(=O)O)C3=O)no1. The van der Waals surface area contributed by atoms with Crippen molar-refractivity contribution in [3.05, 3.63) is 35.2 Å². The van der Waals surface area contributed by atoms with E-state index in [0.29, 0.717) is 17.3 Å². The fourth-order valence-corrected chi connectivity index (χ4v) is 2.23. The number of benzene rings is 1. The van der Waals surface area contributed by atoms with Gasteiger partial charge >= 0.3 is 5.97 Å². The van der Waals surface area contributed by atoms with Crippen molar-refractivity contribution in [2.24, 2.45) is 0 Å². The number of carboxylic acid groups (broad SMARTS) is 1. The van der Waals surface area contributed by atoms with Gasteiger partial charge in [-0.25, -0.2) is 0 Å². The monoisotopic (exact) mass is 273 g/mol. The number of fused-ring (bicyclic) bond motifs is 1. The number of carbonyl (C=O) groups is 2. The summed E-state index contributed by atoms with van der Waals surface area (Å²) in [4.78, 5) is 28.1. The highest BCUT2D eigenvalue weighted by Gasteiger charge is 2.29. The molecule has 2 aromatic rings. The molecule has 0 unspecified atom stereocenters. The third kappa shape index (κ3) is 2.03. The Balaban J connectivity index is 1.93. The maximum Gasteiger partial charge on any atom is 0.323 e. The Morgan fingerprint density at radius 3 is 2.95 bits per heavy atom. The van der Waals surface area contributed by atoms with Gasteiger partial charge in [-0.15, -0.1) is 0 Å². The molecule has 0 aliphatic carbocycles. The van der Waals surface area contributed by atoms with Crippen molar-refractivity contribution >= 4 is 11.9 Å². The predicted molar refractivity (Wildman–Crippen MR) is 66.8 cm³/mol. The van der Waals surface area contributed by atoms with Gasteiger partial charge in [-0.05, 0) is 17.7 Å². The Morgan fingerprint density at radius 1 is 1.50 bits per heavy atom. The van der Waals surface area contributed by atoms with Crippen LogP contribution in [0.1, 0.15) is 21.8 Å². The molecule has 0 saturated carbocycles. The lowest BCUT2D eigenvalue weighted by Crippen LogP contribution is -2.29. The number of aliphatic carboxylic acids is 1. The van der Waals surface area contributed by atoms with Crippen LogP contribution in [-0.2, 0) is 11.3 Å². The van der Waals surface area contributed by atoms with Crippen LogP contribution in [0.3, 0.4) is 0 Å². The maximum absolute atomic E-state index is 12.0. The standard InChI is InChI=1S/C13H11N3O4/c1-7-14-12(15-20-7)8-2-3-10-9(4-8)5-16(13(10)19)6-11(17)18/h2-4H,5-6H2,1H3,(H,17,18). The molecule has 1 aliphatic rings. The Labute approximate surface area is 113 Å². The van der Waals surface area contributed by atoms with E-state index in [9.17, 15) is 9.59 Å². The zero-order chi connectivity index (χ0) is 14.3. The Hall–Kier alpha value is -2.70. The molecule has 1 amide bonds. The molecule has 1 N–H and O–H groups in total. The van der Waals surface area contributed by atoms with E-state index in [0.717, 1.165) is 11.1 Å². The third-order valence-electron chi connectivity index (χ3n) is 3.10. The average molecular weight is 273 g/mol. The smallest absolute Gasteiger partial charge is 0.323 e. The van der Waals surface area contributed by atoms with Gasteiger partial charge in [0, 0.05) is 24.6 Å². The molecule has 0 saturated heterocycles. The number of aromatic nitrogens is 2. The van der Waals surface area contributed by atoms with Crippen LogP contribution in [0.2, 0.25) is 0 Å². The van der Waals surface area contributed by atoms with Crippen molar-refractivity contribution in [1.29, 1.82) is 0 Å². The quantitative estimate of drug-likeness (QED) is 0.899. The fraction of sp³-hybridized carbons (Fsp3) is 0.231. The summed E-state index contributed by atoms with van der Waals surface area (Å²) in [5.41, 5.74) is 2.04. The van der Waals surface area contributed by atoms with E-state index >= 15 is 0 Å². The fourth-order valence-electron chi connectivity index (χ4n) is 2.23. The minimum Gasteiger partial charge on any atom is -0.480 e. The first-order valence-electron chi connectivity index (χ1n) is 5.99. The van der Waals surface area contributed by atoms with Gasteiger partial charge in [0.1, 0.15) is 6.54 Å². The highest BCUT2D eigenvalue weighted by Crippen LogP contribution is 2.27. The number of nitrogens with zero attached hydrogens (tertiary/aromatic N) is 3. The van der Waals surface area contributed by atoms with Gasteiger partial charge in [0.2, 0.25) is 11.7 Å². The molecule has 2 heterocycles. The number of hydrogen-bond acceptors (Lipinski definition) is 5. The van der Waals surface area contributed by atoms with E-state index < -0.39 is 5.97 Å². The largest absolute Gasteiger partial charge is 0.480 e. The van der Waals surface area contributed by atoms with Crippen LogP contribution in [-0.4, -0.2) is 38.6 Å². The minimum absolute atomic E-state index is 0.266. The van der Waals surface area contributed by atoms with Gasteiger partial charge in [0.05, 0.1) is 0 Å². The van der Waals surface area contributed by atoms with Crippen molar-refractivity contribution in [3.63, 3.8) is 0 Å². The molecular formula is C13H11N3O4. The van der Waals surface area contributed by atoms with Crippen LogP contribution in [0, 0.1) is 6.92 Å². The van der Waals surface area contributed by atoms with E-state index in [4.69, 9.17) is 9.63 Å². The van der Waals surface area contributed by atoms with Crippen LogP contribution < -0.4 is 0 Å². The molecule has 20 heavy (non-hydrogen) atoms. The van der Waals surface area contributed by atoms with Crippen molar-refractivity contribution in [3.8, 4) is 11.4 Å². The van der Waals surface area contributed by atoms with Crippen LogP contribution in [0.5, 0.6) is 0 Å². The summed E-state index contributed by atoms with van der Waals surface area (Å²) in [6.07, 6.45) is 0. The van der Waals surface area contributed by atoms with Crippen molar-refractivity contribution in [2.45, 2.75) is 13.5 Å². The van der Waals surface area contributed by atoms with E-state index in [2.05, 4.69) is 10.1 Å². The maximum atomic E-state index is 12.0. The van der Waals surface area contributed by atoms with Crippen LogP contribution in [0.25, 0.3) is 11.4 Å². The van der Waals surface area contributed by atoms with Crippen molar-refractivity contribution in [2.75, 3.05) is 6.54 Å². The zero-order valence-electron chi connectivity index (χ0n) is 10.7. The Bertz CT molecular complexity index is 707. The first kappa shape index (κ1) is 12.3. The van der Waals surface area contributed by atoms with Crippen LogP contribution in [0.4, 0.5) is 0 Å². The van der Waals surface area contributed by atoms with Gasteiger partial charge in [0.25, 0.3) is 5.91 Å². The highest BCUT2D eigenvalue weighted by molar-refractivity contribution is 6.00. The number of hydrogen-bond donors (Lipinski definition) is 1. The molecule has 1 aromatic carbocycles. The summed E-state index contributed by atoms with van der Waals surface area (Å²) in [5, 5.41) is 12.6. The zero-order valence-corrected chi connectivity index (χ0v) is 10.7. The van der Waals surface area contributed by atoms with E-state index in [-0.39, 0.29) is 19.0 Å². The van der Waals surface area contributed by atoms with Gasteiger partial charge in [-0.2, -0.15) is 4.98 Å². The lowest BCUT2D eigenvalue weighted by Gasteiger charge is -2.11. The lowest BCUT2D eigenvalue weighted by molar-refractivity contribution is -0.137. The number of carboxylic acids is 1. The molecule has 0 atom stereocenters. The topological polar surface area (TPSA) is 96.5 Å². The molecule has 7 nitrogen and oxygen atoms in total. The predicted octanol–water partition coefficient (Wildman–Crippen LogP) is 1.09. The summed E-state index contributed by atoms with van der Waals surface area (Å²) in [6.45, 7) is 1.68. The molecule has 0 bridgehead atoms. The normalized spacial score (nSPS) is 13.7. The van der Waals surface area contributed by atoms with Crippen molar-refractivity contribution < 1.29 is 19.2 Å². The minimum atomic E-state index is -1.03. The van der Waals surface area contributed by atoms with Gasteiger partial charge in [0.15, 0.2) is 0 Å². The van der Waals surface area contributed by atoms with Crippen molar-refractivity contribution in [1.82, 2.24) is 15.0 Å². The molecule has 1 aliphatic heterocycles. The van der Waals surface area contributed by atoms with Gasteiger partial charge in [-0.1, -0.05) is 11.2 Å². The summed E-state index contributed by atoms with van der Waals surface area (Å²) in [7, 11) is 0. The van der Waals surface area contributed by atoms with E-state index in [1.807, 2.05) is 0 Å². The molecule has 1 aromatic heterocycles. The highest BCUT2D eigenvalue weighted by atomic mass is 16.5. The Kier molecular flexibility index (Phi) is 2.74. The molecule has 0 radical (unpaired) electrons. The molecular weight excluding hydrogens is 262 g/mol. The number of amides is 1. The van der Waals surface area contributed by atoms with E-state index in [1.54, 1.807) is 25.1 Å².